The molecule has 1 aromatic heterocycles. The van der Waals surface area contributed by atoms with E-state index in [2.05, 4.69) is 22.8 Å². The van der Waals surface area contributed by atoms with Gasteiger partial charge in [0.1, 0.15) is 10.8 Å². The van der Waals surface area contributed by atoms with Gasteiger partial charge in [-0.3, -0.25) is 9.59 Å². The molecule has 2 atom stereocenters. The first kappa shape index (κ1) is 32.5. The Labute approximate surface area is 261 Å². The fourth-order valence-corrected chi connectivity index (χ4v) is 6.18. The topological polar surface area (TPSA) is 125 Å². The van der Waals surface area contributed by atoms with E-state index in [1.54, 1.807) is 50.2 Å². The number of ether oxygens (including phenoxy) is 4. The molecule has 2 amide bonds. The van der Waals surface area contributed by atoms with Crippen molar-refractivity contribution in [1.82, 2.24) is 5.43 Å². The number of rotatable bonds is 13. The number of thiophene rings is 1. The van der Waals surface area contributed by atoms with Gasteiger partial charge in [0.2, 0.25) is 0 Å². The monoisotopic (exact) mass is 621 g/mol. The van der Waals surface area contributed by atoms with Gasteiger partial charge in [0, 0.05) is 10.4 Å². The molecule has 1 aliphatic carbocycles. The molecule has 10 nitrogen and oxygen atoms in total. The third-order valence-corrected chi connectivity index (χ3v) is 8.14. The zero-order valence-corrected chi connectivity index (χ0v) is 26.5. The van der Waals surface area contributed by atoms with Crippen molar-refractivity contribution >= 4 is 40.3 Å². The van der Waals surface area contributed by atoms with Crippen LogP contribution in [0.5, 0.6) is 17.2 Å². The lowest BCUT2D eigenvalue weighted by Gasteiger charge is -2.18. The van der Waals surface area contributed by atoms with Gasteiger partial charge in [0.25, 0.3) is 11.8 Å². The van der Waals surface area contributed by atoms with Crippen LogP contribution in [0.15, 0.2) is 47.6 Å². The van der Waals surface area contributed by atoms with Gasteiger partial charge in [-0.25, -0.2) is 10.2 Å². The van der Waals surface area contributed by atoms with Gasteiger partial charge in [0.05, 0.1) is 31.6 Å². The lowest BCUT2D eigenvalue weighted by atomic mass is 9.88. The first-order valence-electron chi connectivity index (χ1n) is 14.9. The Morgan fingerprint density at radius 2 is 1.75 bits per heavy atom. The van der Waals surface area contributed by atoms with Crippen molar-refractivity contribution < 1.29 is 33.3 Å². The standard InChI is InChI=1S/C33H39N3O7S/c1-6-40-26-16-10-22(18-27(26)41-7-2)19-34-36-30(37)21(5)43-24-13-11-23(12-14-24)31(38)35-32-29(33(39)42-8-3)25-15-9-20(4)17-28(25)44-32/h10-14,16,18-21H,6-9,15,17H2,1-5H3,(H,35,38)(H,36,37)/b34-19+. The minimum Gasteiger partial charge on any atom is -0.490 e. The Morgan fingerprint density at radius 1 is 1.02 bits per heavy atom. The minimum atomic E-state index is -0.849. The molecule has 2 aromatic carbocycles. The highest BCUT2D eigenvalue weighted by molar-refractivity contribution is 7.17. The van der Waals surface area contributed by atoms with E-state index in [9.17, 15) is 14.4 Å². The zero-order chi connectivity index (χ0) is 31.6. The number of anilines is 1. The number of benzene rings is 2. The summed E-state index contributed by atoms with van der Waals surface area (Å²) in [4.78, 5) is 39.6. The summed E-state index contributed by atoms with van der Waals surface area (Å²) in [6, 6.07) is 11.8. The molecular weight excluding hydrogens is 582 g/mol. The van der Waals surface area contributed by atoms with E-state index < -0.39 is 18.0 Å². The number of nitrogens with one attached hydrogen (secondary N) is 2. The van der Waals surface area contributed by atoms with E-state index >= 15 is 0 Å². The van der Waals surface area contributed by atoms with Crippen LogP contribution in [0.3, 0.4) is 0 Å². The Kier molecular flexibility index (Phi) is 11.4. The third-order valence-electron chi connectivity index (χ3n) is 6.97. The number of nitrogens with zero attached hydrogens (tertiary/aromatic N) is 1. The maximum Gasteiger partial charge on any atom is 0.341 e. The molecule has 0 aliphatic heterocycles. The van der Waals surface area contributed by atoms with Crippen LogP contribution in [-0.2, 0) is 22.4 Å². The van der Waals surface area contributed by atoms with Crippen molar-refractivity contribution in [3.63, 3.8) is 0 Å². The SMILES string of the molecule is CCOC(=O)c1c(NC(=O)c2ccc(OC(C)C(=O)N/N=C/c3ccc(OCC)c(OCC)c3)cc2)sc2c1CCC(C)C2. The second-order valence-corrected chi connectivity index (χ2v) is 11.4. The van der Waals surface area contributed by atoms with Crippen molar-refractivity contribution in [1.29, 1.82) is 0 Å². The number of hydrogen-bond donors (Lipinski definition) is 2. The molecule has 2 N–H and O–H groups in total. The molecule has 0 radical (unpaired) electrons. The molecule has 0 saturated heterocycles. The van der Waals surface area contributed by atoms with Crippen molar-refractivity contribution in [2.75, 3.05) is 25.1 Å². The number of carbonyl (C=O) groups excluding carboxylic acids is 3. The molecule has 2 unspecified atom stereocenters. The summed E-state index contributed by atoms with van der Waals surface area (Å²) in [5, 5.41) is 7.46. The van der Waals surface area contributed by atoms with Crippen LogP contribution in [-0.4, -0.2) is 49.9 Å². The van der Waals surface area contributed by atoms with Gasteiger partial charge in [-0.2, -0.15) is 5.10 Å². The summed E-state index contributed by atoms with van der Waals surface area (Å²) in [6.45, 7) is 10.6. The van der Waals surface area contributed by atoms with E-state index in [4.69, 9.17) is 18.9 Å². The van der Waals surface area contributed by atoms with Gasteiger partial charge in [-0.1, -0.05) is 6.92 Å². The third kappa shape index (κ3) is 8.16. The van der Waals surface area contributed by atoms with Crippen molar-refractivity contribution in [2.45, 2.75) is 60.0 Å². The van der Waals surface area contributed by atoms with Crippen molar-refractivity contribution in [3.05, 3.63) is 69.6 Å². The molecule has 0 spiro atoms. The second-order valence-electron chi connectivity index (χ2n) is 10.3. The molecule has 11 heteroatoms. The van der Waals surface area contributed by atoms with Crippen LogP contribution in [0.25, 0.3) is 0 Å². The molecule has 44 heavy (non-hydrogen) atoms. The predicted octanol–water partition coefficient (Wildman–Crippen LogP) is 6.02. The van der Waals surface area contributed by atoms with Crippen LogP contribution < -0.4 is 25.0 Å². The first-order chi connectivity index (χ1) is 21.2. The molecule has 1 aliphatic rings. The van der Waals surface area contributed by atoms with Crippen LogP contribution in [0, 0.1) is 5.92 Å². The van der Waals surface area contributed by atoms with Gasteiger partial charge >= 0.3 is 5.97 Å². The predicted molar refractivity (Wildman–Crippen MR) is 170 cm³/mol. The summed E-state index contributed by atoms with van der Waals surface area (Å²) in [7, 11) is 0. The van der Waals surface area contributed by atoms with E-state index in [0.717, 1.165) is 35.3 Å². The Bertz CT molecular complexity index is 1500. The zero-order valence-electron chi connectivity index (χ0n) is 25.7. The highest BCUT2D eigenvalue weighted by Gasteiger charge is 2.29. The maximum atomic E-state index is 13.1. The first-order valence-corrected chi connectivity index (χ1v) is 15.7. The summed E-state index contributed by atoms with van der Waals surface area (Å²) in [5.74, 6) is 0.969. The van der Waals surface area contributed by atoms with Crippen molar-refractivity contribution in [2.24, 2.45) is 11.0 Å². The largest absolute Gasteiger partial charge is 0.490 e. The fraction of sp³-hybridized carbons (Fsp3) is 0.394. The summed E-state index contributed by atoms with van der Waals surface area (Å²) >= 11 is 1.44. The van der Waals surface area contributed by atoms with E-state index in [1.165, 1.54) is 17.6 Å². The average Bonchev–Trinajstić information content (AvgIpc) is 3.35. The van der Waals surface area contributed by atoms with Gasteiger partial charge < -0.3 is 24.3 Å². The highest BCUT2D eigenvalue weighted by Crippen LogP contribution is 2.40. The lowest BCUT2D eigenvalue weighted by Crippen LogP contribution is -2.33. The van der Waals surface area contributed by atoms with Crippen LogP contribution in [0.2, 0.25) is 0 Å². The minimum absolute atomic E-state index is 0.259. The summed E-state index contributed by atoms with van der Waals surface area (Å²) in [5.41, 5.74) is 5.04. The quantitative estimate of drug-likeness (QED) is 0.136. The van der Waals surface area contributed by atoms with Crippen molar-refractivity contribution in [3.8, 4) is 17.2 Å². The van der Waals surface area contributed by atoms with E-state index in [1.807, 2.05) is 19.9 Å². The molecule has 0 saturated carbocycles. The van der Waals surface area contributed by atoms with Crippen LogP contribution in [0.1, 0.15) is 77.8 Å². The number of amides is 2. The number of hydrazone groups is 1. The Hall–Kier alpha value is -4.38. The molecule has 1 heterocycles. The lowest BCUT2D eigenvalue weighted by molar-refractivity contribution is -0.127. The number of fused-ring (bicyclic) bond motifs is 1. The average molecular weight is 622 g/mol. The van der Waals surface area contributed by atoms with Gasteiger partial charge in [0.15, 0.2) is 17.6 Å². The fourth-order valence-electron chi connectivity index (χ4n) is 4.79. The molecule has 0 bridgehead atoms. The summed E-state index contributed by atoms with van der Waals surface area (Å²) < 4.78 is 22.2. The van der Waals surface area contributed by atoms with Gasteiger partial charge in [-0.05, 0) is 106 Å². The number of carbonyl (C=O) groups is 3. The Morgan fingerprint density at radius 3 is 2.45 bits per heavy atom. The van der Waals surface area contributed by atoms with E-state index in [0.29, 0.717) is 52.5 Å². The molecule has 234 valence electrons. The number of esters is 1. The summed E-state index contributed by atoms with van der Waals surface area (Å²) in [6.07, 6.45) is 3.32. The second kappa shape index (κ2) is 15.4. The number of hydrogen-bond acceptors (Lipinski definition) is 9. The maximum absolute atomic E-state index is 13.1. The molecule has 0 fully saturated rings. The van der Waals surface area contributed by atoms with Gasteiger partial charge in [-0.15, -0.1) is 11.3 Å². The smallest absolute Gasteiger partial charge is 0.341 e. The van der Waals surface area contributed by atoms with Crippen LogP contribution >= 0.6 is 11.3 Å². The normalized spacial score (nSPS) is 14.8. The molecule has 3 aromatic rings. The highest BCUT2D eigenvalue weighted by atomic mass is 32.1. The molecule has 4 rings (SSSR count). The molecular formula is C33H39N3O7S. The van der Waals surface area contributed by atoms with Crippen LogP contribution in [0.4, 0.5) is 5.00 Å². The Balaban J connectivity index is 1.35. The van der Waals surface area contributed by atoms with E-state index in [-0.39, 0.29) is 12.5 Å².